The number of benzene rings is 1. The van der Waals surface area contributed by atoms with Crippen LogP contribution in [0.1, 0.15) is 18.9 Å². The molecule has 82 valence electrons. The normalized spacial score (nSPS) is 29.5. The minimum absolute atomic E-state index is 0.0604. The molecule has 1 heterocycles. The number of epoxide rings is 1. The van der Waals surface area contributed by atoms with Gasteiger partial charge in [-0.15, -0.1) is 0 Å². The molecule has 0 saturated carbocycles. The van der Waals surface area contributed by atoms with Crippen molar-refractivity contribution in [1.82, 2.24) is 4.90 Å². The van der Waals surface area contributed by atoms with Gasteiger partial charge in [0.05, 0.1) is 0 Å². The molecule has 0 amide bonds. The highest BCUT2D eigenvalue weighted by Gasteiger charge is 2.55. The zero-order valence-corrected chi connectivity index (χ0v) is 9.73. The molecule has 0 radical (unpaired) electrons. The Morgan fingerprint density at radius 3 is 2.40 bits per heavy atom. The number of hydrogen-bond donors (Lipinski definition) is 0. The van der Waals surface area contributed by atoms with Gasteiger partial charge in [-0.2, -0.15) is 0 Å². The van der Waals surface area contributed by atoms with Crippen molar-refractivity contribution < 1.29 is 4.74 Å². The Morgan fingerprint density at radius 1 is 1.27 bits per heavy atom. The zero-order valence-electron chi connectivity index (χ0n) is 9.73. The summed E-state index contributed by atoms with van der Waals surface area (Å²) in [7, 11) is 4.15. The van der Waals surface area contributed by atoms with E-state index < -0.39 is 0 Å². The molecule has 0 aliphatic carbocycles. The van der Waals surface area contributed by atoms with E-state index >= 15 is 0 Å². The van der Waals surface area contributed by atoms with E-state index in [-0.39, 0.29) is 5.60 Å². The molecule has 1 aromatic carbocycles. The minimum atomic E-state index is 0.0604. The molecule has 0 aromatic heterocycles. The van der Waals surface area contributed by atoms with Crippen molar-refractivity contribution in [2.75, 3.05) is 14.1 Å². The maximum atomic E-state index is 5.85. The van der Waals surface area contributed by atoms with E-state index in [2.05, 4.69) is 56.3 Å². The van der Waals surface area contributed by atoms with Crippen LogP contribution in [-0.4, -0.2) is 30.8 Å². The maximum absolute atomic E-state index is 5.85. The molecule has 1 fully saturated rings. The van der Waals surface area contributed by atoms with Crippen LogP contribution in [0.4, 0.5) is 0 Å². The van der Waals surface area contributed by atoms with Crippen LogP contribution in [0, 0.1) is 0 Å². The van der Waals surface area contributed by atoms with Gasteiger partial charge in [-0.05, 0) is 26.1 Å². The van der Waals surface area contributed by atoms with Gasteiger partial charge in [0.15, 0.2) is 0 Å². The number of ether oxygens (including phenoxy) is 1. The summed E-state index contributed by atoms with van der Waals surface area (Å²) in [6.07, 6.45) is 2.39. The van der Waals surface area contributed by atoms with E-state index in [1.807, 2.05) is 0 Å². The molecule has 2 heteroatoms. The lowest BCUT2D eigenvalue weighted by molar-refractivity contribution is 0.230. The van der Waals surface area contributed by atoms with Gasteiger partial charge in [-0.1, -0.05) is 37.3 Å². The SMILES string of the molecule is CCC1(Cc2ccccc2)OC1N(C)C. The molecule has 2 atom stereocenters. The highest BCUT2D eigenvalue weighted by atomic mass is 16.6. The first-order valence-corrected chi connectivity index (χ1v) is 5.56. The summed E-state index contributed by atoms with van der Waals surface area (Å²) in [6, 6.07) is 10.6. The second kappa shape index (κ2) is 3.95. The van der Waals surface area contributed by atoms with Crippen molar-refractivity contribution in [3.05, 3.63) is 35.9 Å². The molecule has 2 unspecified atom stereocenters. The van der Waals surface area contributed by atoms with E-state index in [1.165, 1.54) is 5.56 Å². The molecule has 2 rings (SSSR count). The van der Waals surface area contributed by atoms with Crippen molar-refractivity contribution in [3.63, 3.8) is 0 Å². The van der Waals surface area contributed by atoms with Gasteiger partial charge >= 0.3 is 0 Å². The molecule has 1 aromatic rings. The Bertz CT molecular complexity index is 323. The van der Waals surface area contributed by atoms with Gasteiger partial charge in [0.25, 0.3) is 0 Å². The fourth-order valence-electron chi connectivity index (χ4n) is 2.22. The van der Waals surface area contributed by atoms with Gasteiger partial charge in [0.1, 0.15) is 11.8 Å². The summed E-state index contributed by atoms with van der Waals surface area (Å²) in [5, 5.41) is 0. The highest BCUT2D eigenvalue weighted by molar-refractivity contribution is 5.20. The summed E-state index contributed by atoms with van der Waals surface area (Å²) in [6.45, 7) is 2.20. The van der Waals surface area contributed by atoms with Gasteiger partial charge in [0.2, 0.25) is 0 Å². The van der Waals surface area contributed by atoms with Crippen LogP contribution in [0.3, 0.4) is 0 Å². The fourth-order valence-corrected chi connectivity index (χ4v) is 2.22. The molecule has 1 aliphatic rings. The summed E-state index contributed by atoms with van der Waals surface area (Å²) in [4.78, 5) is 2.16. The Kier molecular flexibility index (Phi) is 2.81. The first-order chi connectivity index (χ1) is 7.18. The number of rotatable bonds is 4. The van der Waals surface area contributed by atoms with Crippen LogP contribution in [0.2, 0.25) is 0 Å². The lowest BCUT2D eigenvalue weighted by atomic mass is 9.96. The fraction of sp³-hybridized carbons (Fsp3) is 0.538. The number of hydrogen-bond acceptors (Lipinski definition) is 2. The van der Waals surface area contributed by atoms with Crippen LogP contribution in [0.15, 0.2) is 30.3 Å². The van der Waals surface area contributed by atoms with Crippen molar-refractivity contribution in [2.45, 2.75) is 31.6 Å². The Labute approximate surface area is 91.9 Å². The molecule has 0 N–H and O–H groups in total. The average Bonchev–Trinajstić information content (AvgIpc) is 2.95. The monoisotopic (exact) mass is 205 g/mol. The van der Waals surface area contributed by atoms with Gasteiger partial charge in [0, 0.05) is 6.42 Å². The lowest BCUT2D eigenvalue weighted by Gasteiger charge is -2.13. The van der Waals surface area contributed by atoms with Gasteiger partial charge < -0.3 is 4.74 Å². The third-order valence-electron chi connectivity index (χ3n) is 3.15. The average molecular weight is 205 g/mol. The van der Waals surface area contributed by atoms with E-state index in [1.54, 1.807) is 0 Å². The molecular formula is C13H19NO. The third-order valence-corrected chi connectivity index (χ3v) is 3.15. The number of nitrogens with zero attached hydrogens (tertiary/aromatic N) is 1. The molecule has 1 aliphatic heterocycles. The van der Waals surface area contributed by atoms with E-state index in [4.69, 9.17) is 4.74 Å². The predicted molar refractivity (Wildman–Crippen MR) is 61.7 cm³/mol. The Balaban J connectivity index is 2.06. The highest BCUT2D eigenvalue weighted by Crippen LogP contribution is 2.43. The van der Waals surface area contributed by atoms with Crippen LogP contribution >= 0.6 is 0 Å². The summed E-state index contributed by atoms with van der Waals surface area (Å²) in [5.74, 6) is 0. The molecule has 15 heavy (non-hydrogen) atoms. The maximum Gasteiger partial charge on any atom is 0.140 e. The van der Waals surface area contributed by atoms with E-state index in [0.29, 0.717) is 6.23 Å². The Hall–Kier alpha value is -0.860. The predicted octanol–water partition coefficient (Wildman–Crippen LogP) is 2.30. The standard InChI is InChI=1S/C13H19NO/c1-4-13(12(15-13)14(2)3)10-11-8-6-5-7-9-11/h5-9,12H,4,10H2,1-3H3. The summed E-state index contributed by atoms with van der Waals surface area (Å²) < 4.78 is 5.85. The van der Waals surface area contributed by atoms with Gasteiger partial charge in [-0.3, -0.25) is 4.90 Å². The molecular weight excluding hydrogens is 186 g/mol. The molecule has 2 nitrogen and oxygen atoms in total. The smallest absolute Gasteiger partial charge is 0.140 e. The molecule has 1 saturated heterocycles. The van der Waals surface area contributed by atoms with Crippen LogP contribution in [0.25, 0.3) is 0 Å². The topological polar surface area (TPSA) is 15.8 Å². The lowest BCUT2D eigenvalue weighted by Crippen LogP contribution is -2.27. The van der Waals surface area contributed by atoms with Gasteiger partial charge in [-0.25, -0.2) is 0 Å². The zero-order chi connectivity index (χ0) is 10.9. The van der Waals surface area contributed by atoms with Crippen LogP contribution < -0.4 is 0 Å². The van der Waals surface area contributed by atoms with Crippen molar-refractivity contribution in [3.8, 4) is 0 Å². The van der Waals surface area contributed by atoms with Crippen molar-refractivity contribution in [2.24, 2.45) is 0 Å². The van der Waals surface area contributed by atoms with E-state index in [9.17, 15) is 0 Å². The second-order valence-electron chi connectivity index (χ2n) is 4.51. The Morgan fingerprint density at radius 2 is 1.93 bits per heavy atom. The first-order valence-electron chi connectivity index (χ1n) is 5.56. The number of likely N-dealkylation sites (N-methyl/N-ethyl adjacent to an activating group) is 1. The van der Waals surface area contributed by atoms with Crippen molar-refractivity contribution >= 4 is 0 Å². The minimum Gasteiger partial charge on any atom is -0.349 e. The van der Waals surface area contributed by atoms with Crippen molar-refractivity contribution in [1.29, 1.82) is 0 Å². The summed E-state index contributed by atoms with van der Waals surface area (Å²) in [5.41, 5.74) is 1.42. The largest absolute Gasteiger partial charge is 0.349 e. The van der Waals surface area contributed by atoms with E-state index in [0.717, 1.165) is 12.8 Å². The first kappa shape index (κ1) is 10.7. The third kappa shape index (κ3) is 2.06. The van der Waals surface area contributed by atoms with Crippen LogP contribution in [0.5, 0.6) is 0 Å². The summed E-state index contributed by atoms with van der Waals surface area (Å²) >= 11 is 0. The quantitative estimate of drug-likeness (QED) is 0.701. The molecule has 0 bridgehead atoms. The van der Waals surface area contributed by atoms with Crippen LogP contribution in [-0.2, 0) is 11.2 Å². The molecule has 0 spiro atoms. The second-order valence-corrected chi connectivity index (χ2v) is 4.51.